The number of H-pyrrole nitrogens is 2. The third kappa shape index (κ3) is 5.85. The van der Waals surface area contributed by atoms with Crippen molar-refractivity contribution >= 4 is 22.6 Å². The molecule has 5 heterocycles. The van der Waals surface area contributed by atoms with E-state index in [0.29, 0.717) is 29.7 Å². The van der Waals surface area contributed by atoms with Gasteiger partial charge >= 0.3 is 0 Å². The van der Waals surface area contributed by atoms with E-state index in [1.807, 2.05) is 54.9 Å². The monoisotopic (exact) mass is 581 g/mol. The number of hydrogen-bond donors (Lipinski definition) is 2. The average molecular weight is 582 g/mol. The largest absolute Gasteiger partial charge is 0.474 e. The maximum Gasteiger partial charge on any atom is 0.216 e. The van der Waals surface area contributed by atoms with Crippen molar-refractivity contribution in [2.45, 2.75) is 38.5 Å². The lowest BCUT2D eigenvalue weighted by molar-refractivity contribution is 0.0911. The van der Waals surface area contributed by atoms with Crippen molar-refractivity contribution < 1.29 is 4.74 Å². The van der Waals surface area contributed by atoms with Gasteiger partial charge in [-0.05, 0) is 59.2 Å². The molecule has 6 aromatic rings. The zero-order valence-corrected chi connectivity index (χ0v) is 23.4. The molecule has 13 heteroatoms. The second-order valence-electron chi connectivity index (χ2n) is 10.4. The molecule has 4 aromatic heterocycles. The number of ether oxygens (including phenoxy) is 1. The van der Waals surface area contributed by atoms with Crippen LogP contribution in [0.3, 0.4) is 0 Å². The van der Waals surface area contributed by atoms with Crippen molar-refractivity contribution in [3.05, 3.63) is 94.9 Å². The first-order chi connectivity index (χ1) is 20.7. The molecule has 1 aliphatic rings. The maximum atomic E-state index is 6.29. The number of fused-ring (bicyclic) bond motifs is 1. The van der Waals surface area contributed by atoms with Crippen LogP contribution in [-0.4, -0.2) is 74.4 Å². The molecule has 0 saturated carbocycles. The summed E-state index contributed by atoms with van der Waals surface area (Å²) in [7, 11) is 0. The molecule has 0 unspecified atom stereocenters. The summed E-state index contributed by atoms with van der Waals surface area (Å²) in [4.78, 5) is 16.6. The standard InChI is InChI=1S/C29H28ClN11O/c30-22-4-1-19(2-5-22)13-26-31-10-7-28(35-26)42-23-8-11-40(12-9-23)18-27-34-24-14-21(29-36-38-39-37-29)3-6-25(24)41(27)17-20-15-32-33-16-20/h1-7,10,14-16,23H,8-9,11-13,17-18H2,(H,32,33)(H,36,37,38,39). The van der Waals surface area contributed by atoms with Crippen molar-refractivity contribution in [1.29, 1.82) is 0 Å². The fourth-order valence-corrected chi connectivity index (χ4v) is 5.45. The van der Waals surface area contributed by atoms with Gasteiger partial charge in [-0.3, -0.25) is 10.00 Å². The molecule has 7 rings (SSSR count). The predicted molar refractivity (Wildman–Crippen MR) is 156 cm³/mol. The number of benzene rings is 2. The molecule has 42 heavy (non-hydrogen) atoms. The molecule has 212 valence electrons. The summed E-state index contributed by atoms with van der Waals surface area (Å²) in [5.74, 6) is 2.96. The number of nitrogens with zero attached hydrogens (tertiary/aromatic N) is 9. The lowest BCUT2D eigenvalue weighted by Gasteiger charge is -2.31. The number of nitrogens with one attached hydrogen (secondary N) is 2. The Kier molecular flexibility index (Phi) is 7.29. The van der Waals surface area contributed by atoms with Gasteiger partial charge in [0, 0.05) is 54.1 Å². The first kappa shape index (κ1) is 26.2. The van der Waals surface area contributed by atoms with Gasteiger partial charge in [-0.2, -0.15) is 10.1 Å². The van der Waals surface area contributed by atoms with Crippen LogP contribution in [0.1, 0.15) is 35.6 Å². The van der Waals surface area contributed by atoms with E-state index in [-0.39, 0.29) is 6.10 Å². The van der Waals surface area contributed by atoms with Crippen molar-refractivity contribution in [3.63, 3.8) is 0 Å². The average Bonchev–Trinajstić information content (AvgIpc) is 3.79. The number of imidazole rings is 1. The summed E-state index contributed by atoms with van der Waals surface area (Å²) in [6.07, 6.45) is 8.06. The summed E-state index contributed by atoms with van der Waals surface area (Å²) < 4.78 is 8.55. The van der Waals surface area contributed by atoms with Gasteiger partial charge in [0.25, 0.3) is 0 Å². The lowest BCUT2D eigenvalue weighted by atomic mass is 10.1. The second-order valence-corrected chi connectivity index (χ2v) is 10.8. The topological polar surface area (TPSA) is 139 Å². The molecule has 12 nitrogen and oxygen atoms in total. The van der Waals surface area contributed by atoms with Crippen LogP contribution in [0.2, 0.25) is 5.02 Å². The third-order valence-corrected chi connectivity index (χ3v) is 7.74. The van der Waals surface area contributed by atoms with Crippen LogP contribution < -0.4 is 4.74 Å². The van der Waals surface area contributed by atoms with E-state index in [0.717, 1.165) is 71.8 Å². The van der Waals surface area contributed by atoms with Crippen LogP contribution in [0, 0.1) is 0 Å². The van der Waals surface area contributed by atoms with E-state index in [1.54, 1.807) is 6.20 Å². The van der Waals surface area contributed by atoms with Crippen molar-refractivity contribution in [2.75, 3.05) is 13.1 Å². The zero-order chi connectivity index (χ0) is 28.3. The first-order valence-corrected chi connectivity index (χ1v) is 14.2. The molecule has 0 spiro atoms. The van der Waals surface area contributed by atoms with E-state index in [2.05, 4.69) is 56.3 Å². The molecule has 0 atom stereocenters. The Bertz CT molecular complexity index is 1760. The molecular formula is C29H28ClN11O. The number of rotatable bonds is 9. The van der Waals surface area contributed by atoms with Crippen LogP contribution >= 0.6 is 11.6 Å². The molecule has 1 fully saturated rings. The number of aromatic amines is 2. The van der Waals surface area contributed by atoms with E-state index < -0.39 is 0 Å². The van der Waals surface area contributed by atoms with Crippen LogP contribution in [0.4, 0.5) is 0 Å². The Balaban J connectivity index is 1.02. The maximum absolute atomic E-state index is 6.29. The van der Waals surface area contributed by atoms with Gasteiger partial charge in [0.2, 0.25) is 5.88 Å². The van der Waals surface area contributed by atoms with Gasteiger partial charge in [0.05, 0.1) is 30.3 Å². The summed E-state index contributed by atoms with van der Waals surface area (Å²) in [6.45, 7) is 3.21. The number of likely N-dealkylation sites (tertiary alicyclic amines) is 1. The Hall–Kier alpha value is -4.68. The number of halogens is 1. The van der Waals surface area contributed by atoms with Gasteiger partial charge in [-0.25, -0.2) is 15.1 Å². The minimum atomic E-state index is 0.0994. The minimum Gasteiger partial charge on any atom is -0.474 e. The molecular weight excluding hydrogens is 554 g/mol. The van der Waals surface area contributed by atoms with Crippen LogP contribution in [-0.2, 0) is 19.5 Å². The smallest absolute Gasteiger partial charge is 0.216 e. The summed E-state index contributed by atoms with van der Waals surface area (Å²) in [6, 6.07) is 15.7. The van der Waals surface area contributed by atoms with Gasteiger partial charge in [0.1, 0.15) is 17.8 Å². The number of tetrazole rings is 1. The predicted octanol–water partition coefficient (Wildman–Crippen LogP) is 4.07. The third-order valence-electron chi connectivity index (χ3n) is 7.48. The molecule has 0 radical (unpaired) electrons. The molecule has 1 aliphatic heterocycles. The van der Waals surface area contributed by atoms with Crippen molar-refractivity contribution in [1.82, 2.24) is 55.2 Å². The molecule has 0 aliphatic carbocycles. The Morgan fingerprint density at radius 1 is 0.976 bits per heavy atom. The van der Waals surface area contributed by atoms with Gasteiger partial charge in [0.15, 0.2) is 5.82 Å². The quantitative estimate of drug-likeness (QED) is 0.259. The van der Waals surface area contributed by atoms with Crippen molar-refractivity contribution in [2.24, 2.45) is 0 Å². The van der Waals surface area contributed by atoms with E-state index in [9.17, 15) is 0 Å². The molecule has 0 amide bonds. The van der Waals surface area contributed by atoms with E-state index >= 15 is 0 Å². The number of aromatic nitrogens is 10. The van der Waals surface area contributed by atoms with Crippen LogP contribution in [0.15, 0.2) is 67.1 Å². The molecule has 0 bridgehead atoms. The fourth-order valence-electron chi connectivity index (χ4n) is 5.32. The highest BCUT2D eigenvalue weighted by Crippen LogP contribution is 2.25. The second kappa shape index (κ2) is 11.7. The SMILES string of the molecule is Clc1ccc(Cc2nccc(OC3CCN(Cc4nc5cc(-c6nnn[nH]6)ccc5n4Cc4cn[nH]c4)CC3)n2)cc1. The lowest BCUT2D eigenvalue weighted by Crippen LogP contribution is -2.38. The van der Waals surface area contributed by atoms with Crippen LogP contribution in [0.5, 0.6) is 5.88 Å². The van der Waals surface area contributed by atoms with E-state index in [1.165, 1.54) is 0 Å². The highest BCUT2D eigenvalue weighted by molar-refractivity contribution is 6.30. The molecule has 2 aromatic carbocycles. The number of piperidine rings is 1. The molecule has 2 N–H and O–H groups in total. The number of hydrogen-bond acceptors (Lipinski definition) is 9. The minimum absolute atomic E-state index is 0.0994. The van der Waals surface area contributed by atoms with Gasteiger partial charge < -0.3 is 9.30 Å². The van der Waals surface area contributed by atoms with Gasteiger partial charge in [-0.15, -0.1) is 5.10 Å². The van der Waals surface area contributed by atoms with E-state index in [4.69, 9.17) is 21.3 Å². The first-order valence-electron chi connectivity index (χ1n) is 13.8. The highest BCUT2D eigenvalue weighted by atomic mass is 35.5. The Labute approximate surface area is 246 Å². The fraction of sp³-hybridized carbons (Fsp3) is 0.276. The highest BCUT2D eigenvalue weighted by Gasteiger charge is 2.23. The zero-order valence-electron chi connectivity index (χ0n) is 22.7. The Morgan fingerprint density at radius 3 is 2.64 bits per heavy atom. The summed E-state index contributed by atoms with van der Waals surface area (Å²) in [5.41, 5.74) is 5.05. The van der Waals surface area contributed by atoms with Crippen LogP contribution in [0.25, 0.3) is 22.4 Å². The molecule has 1 saturated heterocycles. The summed E-state index contributed by atoms with van der Waals surface area (Å²) in [5, 5.41) is 22.0. The Morgan fingerprint density at radius 2 is 1.86 bits per heavy atom. The van der Waals surface area contributed by atoms with Gasteiger partial charge in [-0.1, -0.05) is 23.7 Å². The normalized spacial score (nSPS) is 14.5. The van der Waals surface area contributed by atoms with Crippen molar-refractivity contribution in [3.8, 4) is 17.3 Å². The summed E-state index contributed by atoms with van der Waals surface area (Å²) >= 11 is 6.01.